The summed E-state index contributed by atoms with van der Waals surface area (Å²) >= 11 is 0. The number of benzene rings is 1. The second-order valence-corrected chi connectivity index (χ2v) is 4.38. The lowest BCUT2D eigenvalue weighted by Gasteiger charge is -2.19. The number of hydrogen-bond donors (Lipinski definition) is 3. The number of anilines is 1. The van der Waals surface area contributed by atoms with Gasteiger partial charge >= 0.3 is 5.97 Å². The highest BCUT2D eigenvalue weighted by atomic mass is 16.4. The number of hydrogen-bond acceptors (Lipinski definition) is 3. The van der Waals surface area contributed by atoms with Gasteiger partial charge in [-0.05, 0) is 31.0 Å². The first-order valence-electron chi connectivity index (χ1n) is 5.74. The van der Waals surface area contributed by atoms with Crippen molar-refractivity contribution >= 4 is 11.7 Å². The maximum Gasteiger partial charge on any atom is 0.337 e. The van der Waals surface area contributed by atoms with Crippen LogP contribution in [0.5, 0.6) is 0 Å². The Kier molecular flexibility index (Phi) is 4.52. The highest BCUT2D eigenvalue weighted by molar-refractivity contribution is 5.77. The quantitative estimate of drug-likeness (QED) is 0.706. The van der Waals surface area contributed by atoms with Crippen LogP contribution in [-0.2, 0) is 11.2 Å². The van der Waals surface area contributed by atoms with E-state index < -0.39 is 11.6 Å². The van der Waals surface area contributed by atoms with E-state index in [4.69, 9.17) is 5.11 Å². The molecule has 17 heavy (non-hydrogen) atoms. The lowest BCUT2D eigenvalue weighted by atomic mass is 10.1. The molecule has 3 N–H and O–H groups in total. The fraction of sp³-hybridized carbons (Fsp3) is 0.462. The number of carboxylic acid groups (broad SMARTS) is 1. The summed E-state index contributed by atoms with van der Waals surface area (Å²) in [7, 11) is 0. The molecule has 0 amide bonds. The van der Waals surface area contributed by atoms with Crippen LogP contribution < -0.4 is 5.32 Å². The van der Waals surface area contributed by atoms with Crippen LogP contribution in [0.3, 0.4) is 0 Å². The molecule has 0 bridgehead atoms. The highest BCUT2D eigenvalue weighted by Gasteiger charge is 2.29. The number of aliphatic hydroxyl groups is 1. The Labute approximate surface area is 101 Å². The third-order valence-electron chi connectivity index (χ3n) is 2.59. The molecule has 4 nitrogen and oxygen atoms in total. The molecule has 0 radical (unpaired) electrons. The minimum atomic E-state index is -1.75. The lowest BCUT2D eigenvalue weighted by molar-refractivity contribution is -0.155. The molecule has 1 rings (SSSR count). The Morgan fingerprint density at radius 3 is 2.41 bits per heavy atom. The summed E-state index contributed by atoms with van der Waals surface area (Å²) in [5.74, 6) is -1.23. The predicted octanol–water partition coefficient (Wildman–Crippen LogP) is 1.89. The van der Waals surface area contributed by atoms with Crippen molar-refractivity contribution in [3.05, 3.63) is 29.8 Å². The van der Waals surface area contributed by atoms with E-state index in [0.29, 0.717) is 0 Å². The Bertz CT molecular complexity index is 371. The summed E-state index contributed by atoms with van der Waals surface area (Å²) in [5.41, 5.74) is 0.316. The van der Waals surface area contributed by atoms with Gasteiger partial charge in [-0.1, -0.05) is 25.5 Å². The van der Waals surface area contributed by atoms with Crippen molar-refractivity contribution in [2.75, 3.05) is 11.9 Å². The first-order valence-corrected chi connectivity index (χ1v) is 5.74. The second kappa shape index (κ2) is 5.68. The van der Waals surface area contributed by atoms with Gasteiger partial charge < -0.3 is 15.5 Å². The van der Waals surface area contributed by atoms with Crippen molar-refractivity contribution < 1.29 is 15.0 Å². The molecule has 0 heterocycles. The standard InChI is InChI=1S/C13H19NO3/c1-3-4-10-5-7-11(8-6-10)14-9-13(2,17)12(15)16/h5-8,14,17H,3-4,9H2,1-2H3,(H,15,16). The maximum atomic E-state index is 10.7. The summed E-state index contributed by atoms with van der Waals surface area (Å²) in [6.45, 7) is 3.37. The predicted molar refractivity (Wildman–Crippen MR) is 67.2 cm³/mol. The minimum absolute atomic E-state index is 0.0184. The van der Waals surface area contributed by atoms with Gasteiger partial charge in [-0.3, -0.25) is 0 Å². The van der Waals surface area contributed by atoms with Crippen molar-refractivity contribution in [2.24, 2.45) is 0 Å². The summed E-state index contributed by atoms with van der Waals surface area (Å²) in [5, 5.41) is 21.2. The zero-order valence-electron chi connectivity index (χ0n) is 10.2. The molecule has 1 unspecified atom stereocenters. The van der Waals surface area contributed by atoms with Crippen molar-refractivity contribution in [1.29, 1.82) is 0 Å². The SMILES string of the molecule is CCCc1ccc(NCC(C)(O)C(=O)O)cc1. The number of aryl methyl sites for hydroxylation is 1. The van der Waals surface area contributed by atoms with Crippen molar-refractivity contribution in [1.82, 2.24) is 0 Å². The molecule has 4 heteroatoms. The van der Waals surface area contributed by atoms with E-state index in [-0.39, 0.29) is 6.54 Å². The lowest BCUT2D eigenvalue weighted by Crippen LogP contribution is -2.41. The number of carboxylic acids is 1. The Balaban J connectivity index is 2.55. The zero-order valence-corrected chi connectivity index (χ0v) is 10.2. The topological polar surface area (TPSA) is 69.6 Å². The fourth-order valence-electron chi connectivity index (χ4n) is 1.43. The van der Waals surface area contributed by atoms with E-state index in [0.717, 1.165) is 18.5 Å². The molecule has 1 atom stereocenters. The van der Waals surface area contributed by atoms with Gasteiger partial charge in [0.1, 0.15) is 0 Å². The Morgan fingerprint density at radius 1 is 1.35 bits per heavy atom. The van der Waals surface area contributed by atoms with Crippen LogP contribution in [0.15, 0.2) is 24.3 Å². The third-order valence-corrected chi connectivity index (χ3v) is 2.59. The van der Waals surface area contributed by atoms with Gasteiger partial charge in [-0.25, -0.2) is 4.79 Å². The molecule has 0 aromatic heterocycles. The minimum Gasteiger partial charge on any atom is -0.479 e. The van der Waals surface area contributed by atoms with Crippen molar-refractivity contribution in [3.63, 3.8) is 0 Å². The molecule has 0 aliphatic heterocycles. The second-order valence-electron chi connectivity index (χ2n) is 4.38. The van der Waals surface area contributed by atoms with Crippen LogP contribution in [0, 0.1) is 0 Å². The summed E-state index contributed by atoms with van der Waals surface area (Å²) in [4.78, 5) is 10.7. The van der Waals surface area contributed by atoms with Gasteiger partial charge in [0.25, 0.3) is 0 Å². The van der Waals surface area contributed by atoms with E-state index in [2.05, 4.69) is 12.2 Å². The number of nitrogens with one attached hydrogen (secondary N) is 1. The molecule has 0 saturated heterocycles. The van der Waals surface area contributed by atoms with Crippen LogP contribution in [0.25, 0.3) is 0 Å². The van der Waals surface area contributed by atoms with Gasteiger partial charge in [-0.2, -0.15) is 0 Å². The van der Waals surface area contributed by atoms with Gasteiger partial charge in [0.2, 0.25) is 0 Å². The molecule has 94 valence electrons. The molecule has 1 aromatic rings. The van der Waals surface area contributed by atoms with Crippen LogP contribution in [-0.4, -0.2) is 28.3 Å². The number of carbonyl (C=O) groups is 1. The average Bonchev–Trinajstić information content (AvgIpc) is 2.28. The molecule has 0 aliphatic rings. The van der Waals surface area contributed by atoms with E-state index in [1.54, 1.807) is 0 Å². The normalized spacial score (nSPS) is 14.1. The van der Waals surface area contributed by atoms with Gasteiger partial charge in [0, 0.05) is 5.69 Å². The molecule has 0 spiro atoms. The van der Waals surface area contributed by atoms with Crippen LogP contribution in [0.1, 0.15) is 25.8 Å². The molecule has 0 saturated carbocycles. The molecular formula is C13H19NO3. The van der Waals surface area contributed by atoms with Crippen LogP contribution in [0.2, 0.25) is 0 Å². The Hall–Kier alpha value is -1.55. The highest BCUT2D eigenvalue weighted by Crippen LogP contribution is 2.12. The first-order chi connectivity index (χ1) is 7.95. The van der Waals surface area contributed by atoms with E-state index >= 15 is 0 Å². The van der Waals surface area contributed by atoms with Crippen LogP contribution in [0.4, 0.5) is 5.69 Å². The average molecular weight is 237 g/mol. The summed E-state index contributed by atoms with van der Waals surface area (Å²) in [6.07, 6.45) is 2.13. The monoisotopic (exact) mass is 237 g/mol. The summed E-state index contributed by atoms with van der Waals surface area (Å²) in [6, 6.07) is 7.79. The molecule has 1 aromatic carbocycles. The Morgan fingerprint density at radius 2 is 1.94 bits per heavy atom. The largest absolute Gasteiger partial charge is 0.479 e. The van der Waals surface area contributed by atoms with Gasteiger partial charge in [0.05, 0.1) is 6.54 Å². The maximum absolute atomic E-state index is 10.7. The van der Waals surface area contributed by atoms with Crippen LogP contribution >= 0.6 is 0 Å². The molecule has 0 aliphatic carbocycles. The van der Waals surface area contributed by atoms with Gasteiger partial charge in [0.15, 0.2) is 5.60 Å². The zero-order chi connectivity index (χ0) is 12.9. The van der Waals surface area contributed by atoms with E-state index in [1.165, 1.54) is 12.5 Å². The van der Waals surface area contributed by atoms with Crippen molar-refractivity contribution in [2.45, 2.75) is 32.3 Å². The smallest absolute Gasteiger partial charge is 0.337 e. The molecular weight excluding hydrogens is 218 g/mol. The van der Waals surface area contributed by atoms with Crippen molar-refractivity contribution in [3.8, 4) is 0 Å². The first kappa shape index (κ1) is 13.5. The number of rotatable bonds is 6. The molecule has 0 fully saturated rings. The fourth-order valence-corrected chi connectivity index (χ4v) is 1.43. The van der Waals surface area contributed by atoms with E-state index in [9.17, 15) is 9.90 Å². The van der Waals surface area contributed by atoms with E-state index in [1.807, 2.05) is 24.3 Å². The van der Waals surface area contributed by atoms with Gasteiger partial charge in [-0.15, -0.1) is 0 Å². The summed E-state index contributed by atoms with van der Waals surface area (Å²) < 4.78 is 0. The third kappa shape index (κ3) is 4.07. The number of aliphatic carboxylic acids is 1.